The lowest BCUT2D eigenvalue weighted by atomic mass is 10.1. The van der Waals surface area contributed by atoms with Crippen LogP contribution in [0, 0.1) is 0 Å². The summed E-state index contributed by atoms with van der Waals surface area (Å²) >= 11 is 0. The summed E-state index contributed by atoms with van der Waals surface area (Å²) in [5.74, 6) is -0.260. The Hall–Kier alpha value is -1.55. The maximum absolute atomic E-state index is 11.7. The van der Waals surface area contributed by atoms with Crippen LogP contribution in [-0.4, -0.2) is 23.7 Å². The van der Waals surface area contributed by atoms with Crippen molar-refractivity contribution < 1.29 is 14.6 Å². The minimum atomic E-state index is -0.914. The van der Waals surface area contributed by atoms with Gasteiger partial charge in [-0.15, -0.1) is 0 Å². The second-order valence-corrected chi connectivity index (χ2v) is 3.69. The Bertz CT molecular complexity index is 361. The van der Waals surface area contributed by atoms with Gasteiger partial charge in [0.1, 0.15) is 11.4 Å². The molecule has 82 valence electrons. The molecule has 15 heavy (non-hydrogen) atoms. The van der Waals surface area contributed by atoms with Gasteiger partial charge in [-0.2, -0.15) is 0 Å². The standard InChI is InChI=1S/C11H15NO3/c1-11(2,15-3)10(14)12-8-6-4-5-7-9(8)13/h4-7,13H,1-3H3,(H,12,14). The van der Waals surface area contributed by atoms with Crippen LogP contribution in [0.3, 0.4) is 0 Å². The molecular weight excluding hydrogens is 194 g/mol. The van der Waals surface area contributed by atoms with Gasteiger partial charge in [-0.3, -0.25) is 4.79 Å². The molecule has 0 spiro atoms. The van der Waals surface area contributed by atoms with E-state index < -0.39 is 5.60 Å². The molecule has 0 fully saturated rings. The molecule has 0 saturated heterocycles. The molecular formula is C11H15NO3. The predicted octanol–water partition coefficient (Wildman–Crippen LogP) is 1.76. The van der Waals surface area contributed by atoms with Crippen LogP contribution in [0.15, 0.2) is 24.3 Å². The number of nitrogens with one attached hydrogen (secondary N) is 1. The summed E-state index contributed by atoms with van der Waals surface area (Å²) in [6, 6.07) is 6.55. The van der Waals surface area contributed by atoms with E-state index in [1.54, 1.807) is 32.0 Å². The zero-order chi connectivity index (χ0) is 11.5. The van der Waals surface area contributed by atoms with Crippen LogP contribution in [0.25, 0.3) is 0 Å². The number of amides is 1. The van der Waals surface area contributed by atoms with E-state index in [-0.39, 0.29) is 11.7 Å². The molecule has 0 unspecified atom stereocenters. The third-order valence-corrected chi connectivity index (χ3v) is 2.21. The molecule has 0 aliphatic rings. The number of rotatable bonds is 3. The average Bonchev–Trinajstić information content (AvgIpc) is 2.21. The summed E-state index contributed by atoms with van der Waals surface area (Å²) in [4.78, 5) is 11.7. The van der Waals surface area contributed by atoms with Gasteiger partial charge >= 0.3 is 0 Å². The number of para-hydroxylation sites is 2. The van der Waals surface area contributed by atoms with E-state index >= 15 is 0 Å². The fourth-order valence-electron chi connectivity index (χ4n) is 0.945. The highest BCUT2D eigenvalue weighted by Gasteiger charge is 2.27. The largest absolute Gasteiger partial charge is 0.506 e. The lowest BCUT2D eigenvalue weighted by molar-refractivity contribution is -0.133. The van der Waals surface area contributed by atoms with Gasteiger partial charge in [0, 0.05) is 7.11 Å². The molecule has 1 amide bonds. The molecule has 0 bridgehead atoms. The van der Waals surface area contributed by atoms with E-state index in [1.807, 2.05) is 0 Å². The summed E-state index contributed by atoms with van der Waals surface area (Å²) in [7, 11) is 1.46. The highest BCUT2D eigenvalue weighted by atomic mass is 16.5. The van der Waals surface area contributed by atoms with Gasteiger partial charge in [0.2, 0.25) is 0 Å². The summed E-state index contributed by atoms with van der Waals surface area (Å²) in [6.45, 7) is 3.31. The first-order valence-corrected chi connectivity index (χ1v) is 4.62. The Morgan fingerprint density at radius 1 is 1.40 bits per heavy atom. The smallest absolute Gasteiger partial charge is 0.256 e. The topological polar surface area (TPSA) is 58.6 Å². The van der Waals surface area contributed by atoms with Crippen molar-refractivity contribution in [1.82, 2.24) is 0 Å². The van der Waals surface area contributed by atoms with Crippen LogP contribution in [0.1, 0.15) is 13.8 Å². The number of ether oxygens (including phenoxy) is 1. The van der Waals surface area contributed by atoms with Gasteiger partial charge in [0.25, 0.3) is 5.91 Å². The summed E-state index contributed by atoms with van der Waals surface area (Å²) in [5, 5.41) is 12.0. The van der Waals surface area contributed by atoms with Crippen molar-refractivity contribution in [3.05, 3.63) is 24.3 Å². The summed E-state index contributed by atoms with van der Waals surface area (Å²) in [5.41, 5.74) is -0.532. The van der Waals surface area contributed by atoms with Gasteiger partial charge in [-0.25, -0.2) is 0 Å². The molecule has 4 nitrogen and oxygen atoms in total. The summed E-state index contributed by atoms with van der Waals surface area (Å²) in [6.07, 6.45) is 0. The summed E-state index contributed by atoms with van der Waals surface area (Å²) < 4.78 is 5.02. The van der Waals surface area contributed by atoms with Crippen molar-refractivity contribution in [1.29, 1.82) is 0 Å². The van der Waals surface area contributed by atoms with Gasteiger partial charge in [0.05, 0.1) is 5.69 Å². The molecule has 1 aromatic rings. The van der Waals surface area contributed by atoms with Crippen LogP contribution in [0.2, 0.25) is 0 Å². The Morgan fingerprint density at radius 3 is 2.53 bits per heavy atom. The number of aromatic hydroxyl groups is 1. The van der Waals surface area contributed by atoms with Gasteiger partial charge in [0.15, 0.2) is 0 Å². The molecule has 0 saturated carbocycles. The Kier molecular flexibility index (Phi) is 3.31. The molecule has 2 N–H and O–H groups in total. The van der Waals surface area contributed by atoms with Crippen molar-refractivity contribution in [2.24, 2.45) is 0 Å². The van der Waals surface area contributed by atoms with Crippen LogP contribution in [0.5, 0.6) is 5.75 Å². The van der Waals surface area contributed by atoms with Gasteiger partial charge in [-0.05, 0) is 26.0 Å². The van der Waals surface area contributed by atoms with E-state index in [1.165, 1.54) is 13.2 Å². The minimum absolute atomic E-state index is 0.0396. The van der Waals surface area contributed by atoms with Gasteiger partial charge < -0.3 is 15.2 Å². The van der Waals surface area contributed by atoms with Crippen molar-refractivity contribution in [2.45, 2.75) is 19.4 Å². The van der Waals surface area contributed by atoms with E-state index in [0.717, 1.165) is 0 Å². The van der Waals surface area contributed by atoms with E-state index in [9.17, 15) is 9.90 Å². The van der Waals surface area contributed by atoms with E-state index in [4.69, 9.17) is 4.74 Å². The Morgan fingerprint density at radius 2 is 2.00 bits per heavy atom. The third-order valence-electron chi connectivity index (χ3n) is 2.21. The maximum atomic E-state index is 11.7. The number of anilines is 1. The molecule has 0 atom stereocenters. The quantitative estimate of drug-likeness (QED) is 0.746. The monoisotopic (exact) mass is 209 g/mol. The van der Waals surface area contributed by atoms with E-state index in [2.05, 4.69) is 5.32 Å². The maximum Gasteiger partial charge on any atom is 0.256 e. The van der Waals surface area contributed by atoms with Gasteiger partial charge in [-0.1, -0.05) is 12.1 Å². The zero-order valence-corrected chi connectivity index (χ0v) is 9.07. The number of phenols is 1. The third kappa shape index (κ3) is 2.70. The predicted molar refractivity (Wildman–Crippen MR) is 57.8 cm³/mol. The lowest BCUT2D eigenvalue weighted by Gasteiger charge is -2.21. The fourth-order valence-corrected chi connectivity index (χ4v) is 0.945. The normalized spacial score (nSPS) is 11.1. The van der Waals surface area contributed by atoms with Crippen molar-refractivity contribution in [3.8, 4) is 5.75 Å². The highest BCUT2D eigenvalue weighted by Crippen LogP contribution is 2.23. The molecule has 0 heterocycles. The first-order valence-electron chi connectivity index (χ1n) is 4.62. The zero-order valence-electron chi connectivity index (χ0n) is 9.07. The Labute approximate surface area is 88.9 Å². The second-order valence-electron chi connectivity index (χ2n) is 3.69. The number of carbonyl (C=O) groups excluding carboxylic acids is 1. The first kappa shape index (κ1) is 11.5. The fraction of sp³-hybridized carbons (Fsp3) is 0.364. The second kappa shape index (κ2) is 4.31. The molecule has 1 aromatic carbocycles. The SMILES string of the molecule is COC(C)(C)C(=O)Nc1ccccc1O. The molecule has 0 aromatic heterocycles. The number of benzene rings is 1. The number of phenolic OH excluding ortho intramolecular Hbond substituents is 1. The number of hydrogen-bond acceptors (Lipinski definition) is 3. The first-order chi connectivity index (χ1) is 6.97. The number of carbonyl (C=O) groups is 1. The van der Waals surface area contributed by atoms with Crippen molar-refractivity contribution >= 4 is 11.6 Å². The minimum Gasteiger partial charge on any atom is -0.506 e. The van der Waals surface area contributed by atoms with Crippen LogP contribution >= 0.6 is 0 Å². The van der Waals surface area contributed by atoms with Crippen LogP contribution in [-0.2, 0) is 9.53 Å². The molecule has 0 aliphatic heterocycles. The van der Waals surface area contributed by atoms with Crippen LogP contribution < -0.4 is 5.32 Å². The average molecular weight is 209 g/mol. The molecule has 0 aliphatic carbocycles. The lowest BCUT2D eigenvalue weighted by Crippen LogP contribution is -2.38. The number of methoxy groups -OCH3 is 1. The molecule has 0 radical (unpaired) electrons. The highest BCUT2D eigenvalue weighted by molar-refractivity contribution is 5.97. The van der Waals surface area contributed by atoms with Crippen LogP contribution in [0.4, 0.5) is 5.69 Å². The van der Waals surface area contributed by atoms with E-state index in [0.29, 0.717) is 5.69 Å². The van der Waals surface area contributed by atoms with Crippen molar-refractivity contribution in [3.63, 3.8) is 0 Å². The molecule has 1 rings (SSSR count). The molecule has 4 heteroatoms. The Balaban J connectivity index is 2.80. The number of hydrogen-bond donors (Lipinski definition) is 2. The van der Waals surface area contributed by atoms with Crippen molar-refractivity contribution in [2.75, 3.05) is 12.4 Å².